The Kier molecular flexibility index (Phi) is 7.18. The lowest BCUT2D eigenvalue weighted by molar-refractivity contribution is -0.139. The molecule has 142 valence electrons. The number of nitrogens with zero attached hydrogens (tertiary/aromatic N) is 2. The maximum Gasteiger partial charge on any atom is 0.223 e. The molecule has 0 aromatic heterocycles. The molecule has 0 aliphatic carbocycles. The van der Waals surface area contributed by atoms with Gasteiger partial charge in [-0.05, 0) is 18.9 Å². The summed E-state index contributed by atoms with van der Waals surface area (Å²) in [5, 5.41) is 3.02. The number of carbonyl (C=O) groups excluding carboxylic acids is 3. The molecule has 2 rings (SSSR count). The summed E-state index contributed by atoms with van der Waals surface area (Å²) < 4.78 is 0. The lowest BCUT2D eigenvalue weighted by atomic mass is 10.0. The van der Waals surface area contributed by atoms with Crippen molar-refractivity contribution in [2.24, 2.45) is 0 Å². The zero-order chi connectivity index (χ0) is 19.1. The number of aryl methyl sites for hydroxylation is 1. The molecule has 3 amide bonds. The van der Waals surface area contributed by atoms with Crippen molar-refractivity contribution in [2.45, 2.75) is 46.1 Å². The fourth-order valence-electron chi connectivity index (χ4n) is 3.14. The van der Waals surface area contributed by atoms with Crippen LogP contribution in [-0.4, -0.2) is 53.7 Å². The molecule has 1 aromatic carbocycles. The van der Waals surface area contributed by atoms with E-state index in [0.29, 0.717) is 26.2 Å². The molecule has 1 heterocycles. The minimum atomic E-state index is -0.104. The minimum absolute atomic E-state index is 0.0215. The zero-order valence-electron chi connectivity index (χ0n) is 16.0. The molecule has 1 saturated heterocycles. The molecule has 26 heavy (non-hydrogen) atoms. The molecular weight excluding hydrogens is 330 g/mol. The van der Waals surface area contributed by atoms with Gasteiger partial charge in [0.25, 0.3) is 0 Å². The summed E-state index contributed by atoms with van der Waals surface area (Å²) in [6.07, 6.45) is 1.19. The normalized spacial score (nSPS) is 15.5. The predicted molar refractivity (Wildman–Crippen MR) is 100 cm³/mol. The largest absolute Gasteiger partial charge is 0.349 e. The van der Waals surface area contributed by atoms with Crippen LogP contribution in [0.3, 0.4) is 0 Å². The van der Waals surface area contributed by atoms with E-state index in [1.165, 1.54) is 5.56 Å². The summed E-state index contributed by atoms with van der Waals surface area (Å²) in [5.74, 6) is -0.0851. The molecule has 1 aliphatic rings. The van der Waals surface area contributed by atoms with E-state index in [2.05, 4.69) is 5.32 Å². The molecule has 1 aliphatic heterocycles. The third-order valence-electron chi connectivity index (χ3n) is 4.87. The molecule has 1 N–H and O–H groups in total. The predicted octanol–water partition coefficient (Wildman–Crippen LogP) is 2.03. The van der Waals surface area contributed by atoms with Gasteiger partial charge in [0.05, 0.1) is 6.04 Å². The maximum atomic E-state index is 12.3. The average Bonchev–Trinajstić information content (AvgIpc) is 2.65. The van der Waals surface area contributed by atoms with Crippen molar-refractivity contribution in [2.75, 3.05) is 26.2 Å². The van der Waals surface area contributed by atoms with Crippen molar-refractivity contribution in [1.82, 2.24) is 15.1 Å². The number of benzene rings is 1. The number of carbonyl (C=O) groups is 3. The van der Waals surface area contributed by atoms with Crippen molar-refractivity contribution < 1.29 is 14.4 Å². The van der Waals surface area contributed by atoms with Gasteiger partial charge in [-0.2, -0.15) is 0 Å². The van der Waals surface area contributed by atoms with E-state index >= 15 is 0 Å². The van der Waals surface area contributed by atoms with E-state index in [4.69, 9.17) is 0 Å². The Labute approximate surface area is 155 Å². The molecule has 6 heteroatoms. The molecule has 0 radical (unpaired) electrons. The van der Waals surface area contributed by atoms with E-state index < -0.39 is 0 Å². The van der Waals surface area contributed by atoms with Crippen LogP contribution in [0.25, 0.3) is 0 Å². The van der Waals surface area contributed by atoms with Gasteiger partial charge in [-0.1, -0.05) is 36.8 Å². The Balaban J connectivity index is 1.78. The van der Waals surface area contributed by atoms with Crippen molar-refractivity contribution in [3.63, 3.8) is 0 Å². The Morgan fingerprint density at radius 3 is 2.12 bits per heavy atom. The van der Waals surface area contributed by atoms with Crippen LogP contribution in [0.2, 0.25) is 0 Å². The fourth-order valence-corrected chi connectivity index (χ4v) is 3.14. The third kappa shape index (κ3) is 5.58. The highest BCUT2D eigenvalue weighted by atomic mass is 16.2. The minimum Gasteiger partial charge on any atom is -0.349 e. The van der Waals surface area contributed by atoms with Gasteiger partial charge in [0, 0.05) is 45.9 Å². The van der Waals surface area contributed by atoms with Gasteiger partial charge >= 0.3 is 0 Å². The average molecular weight is 359 g/mol. The molecule has 1 aromatic rings. The Morgan fingerprint density at radius 1 is 1.00 bits per heavy atom. The van der Waals surface area contributed by atoms with Crippen LogP contribution in [0.1, 0.15) is 50.3 Å². The first-order chi connectivity index (χ1) is 12.4. The summed E-state index contributed by atoms with van der Waals surface area (Å²) in [5.41, 5.74) is 2.27. The van der Waals surface area contributed by atoms with Gasteiger partial charge in [-0.25, -0.2) is 0 Å². The van der Waals surface area contributed by atoms with Crippen molar-refractivity contribution in [3.8, 4) is 0 Å². The second-order valence-electron chi connectivity index (χ2n) is 6.83. The second-order valence-corrected chi connectivity index (χ2v) is 6.83. The molecule has 0 bridgehead atoms. The summed E-state index contributed by atoms with van der Waals surface area (Å²) in [6, 6.07) is 8.10. The van der Waals surface area contributed by atoms with Crippen LogP contribution >= 0.6 is 0 Å². The molecule has 0 spiro atoms. The van der Waals surface area contributed by atoms with E-state index in [-0.39, 0.29) is 36.6 Å². The van der Waals surface area contributed by atoms with Gasteiger partial charge in [-0.3, -0.25) is 14.4 Å². The van der Waals surface area contributed by atoms with E-state index in [1.54, 1.807) is 16.7 Å². The summed E-state index contributed by atoms with van der Waals surface area (Å²) in [7, 11) is 0. The highest BCUT2D eigenvalue weighted by Gasteiger charge is 2.23. The zero-order valence-corrected chi connectivity index (χ0v) is 16.0. The van der Waals surface area contributed by atoms with E-state index in [0.717, 1.165) is 12.0 Å². The molecule has 0 unspecified atom stereocenters. The fraction of sp³-hybridized carbons (Fsp3) is 0.550. The lowest BCUT2D eigenvalue weighted by Gasteiger charge is -2.34. The number of hydrogen-bond donors (Lipinski definition) is 1. The summed E-state index contributed by atoms with van der Waals surface area (Å²) in [4.78, 5) is 39.3. The first-order valence-corrected chi connectivity index (χ1v) is 9.30. The number of piperazine rings is 1. The van der Waals surface area contributed by atoms with E-state index in [1.807, 2.05) is 38.1 Å². The Morgan fingerprint density at radius 2 is 1.58 bits per heavy atom. The van der Waals surface area contributed by atoms with Crippen LogP contribution in [0.5, 0.6) is 0 Å². The number of hydrogen-bond acceptors (Lipinski definition) is 3. The van der Waals surface area contributed by atoms with Crippen LogP contribution in [0.15, 0.2) is 24.3 Å². The second kappa shape index (κ2) is 9.36. The highest BCUT2D eigenvalue weighted by Crippen LogP contribution is 2.17. The van der Waals surface area contributed by atoms with Gasteiger partial charge in [-0.15, -0.1) is 0 Å². The van der Waals surface area contributed by atoms with Gasteiger partial charge < -0.3 is 15.1 Å². The highest BCUT2D eigenvalue weighted by molar-refractivity contribution is 5.84. The molecule has 1 atom stereocenters. The lowest BCUT2D eigenvalue weighted by Crippen LogP contribution is -2.50. The van der Waals surface area contributed by atoms with Gasteiger partial charge in [0.1, 0.15) is 0 Å². The Hall–Kier alpha value is -2.37. The van der Waals surface area contributed by atoms with Crippen LogP contribution in [-0.2, 0) is 14.4 Å². The molecule has 1 fully saturated rings. The van der Waals surface area contributed by atoms with E-state index in [9.17, 15) is 14.4 Å². The first kappa shape index (κ1) is 19.9. The number of nitrogens with one attached hydrogen (secondary N) is 1. The quantitative estimate of drug-likeness (QED) is 0.845. The smallest absolute Gasteiger partial charge is 0.223 e. The molecular formula is C20H29N3O3. The first-order valence-electron chi connectivity index (χ1n) is 9.30. The van der Waals surface area contributed by atoms with Gasteiger partial charge in [0.2, 0.25) is 17.7 Å². The maximum absolute atomic E-state index is 12.3. The number of amides is 3. The SMILES string of the molecule is CC[C@@H](NC(=O)CCC(=O)N1CCN(C(C)=O)CC1)c1ccc(C)cc1. The topological polar surface area (TPSA) is 69.7 Å². The van der Waals surface area contributed by atoms with Crippen molar-refractivity contribution >= 4 is 17.7 Å². The monoisotopic (exact) mass is 359 g/mol. The van der Waals surface area contributed by atoms with Gasteiger partial charge in [0.15, 0.2) is 0 Å². The third-order valence-corrected chi connectivity index (χ3v) is 4.87. The van der Waals surface area contributed by atoms with Crippen molar-refractivity contribution in [1.29, 1.82) is 0 Å². The van der Waals surface area contributed by atoms with Crippen LogP contribution in [0, 0.1) is 6.92 Å². The summed E-state index contributed by atoms with van der Waals surface area (Å²) in [6.45, 7) is 7.83. The van der Waals surface area contributed by atoms with Crippen molar-refractivity contribution in [3.05, 3.63) is 35.4 Å². The standard InChI is InChI=1S/C20H29N3O3/c1-4-18(17-7-5-15(2)6-8-17)21-19(25)9-10-20(26)23-13-11-22(12-14-23)16(3)24/h5-8,18H,4,9-14H2,1-3H3,(H,21,25)/t18-/m1/s1. The Bertz CT molecular complexity index is 634. The van der Waals surface area contributed by atoms with Crippen LogP contribution in [0.4, 0.5) is 0 Å². The molecule has 0 saturated carbocycles. The molecule has 6 nitrogen and oxygen atoms in total. The van der Waals surface area contributed by atoms with Crippen LogP contribution < -0.4 is 5.32 Å². The summed E-state index contributed by atoms with van der Waals surface area (Å²) >= 11 is 0. The number of rotatable bonds is 6.